The summed E-state index contributed by atoms with van der Waals surface area (Å²) in [5.74, 6) is 0.431. The standard InChI is InChI=1S/C18H20N2O3/c1-2-5-15-16(21)19-17(23-15)20-10-8-18(9-11-20)14-7-4-3-6-13(14)12-22-18/h2-4,6-7,21H,1,5,8-12H2. The zero-order valence-corrected chi connectivity index (χ0v) is 13.0. The number of aromatic hydroxyl groups is 1. The fraction of sp³-hybridized carbons (Fsp3) is 0.389. The van der Waals surface area contributed by atoms with Crippen molar-refractivity contribution in [1.82, 2.24) is 4.98 Å². The molecule has 0 aliphatic carbocycles. The van der Waals surface area contributed by atoms with Gasteiger partial charge in [-0.15, -0.1) is 6.58 Å². The van der Waals surface area contributed by atoms with E-state index in [0.29, 0.717) is 24.8 Å². The van der Waals surface area contributed by atoms with Crippen LogP contribution in [0.25, 0.3) is 0 Å². The molecule has 0 bridgehead atoms. The predicted octanol–water partition coefficient (Wildman–Crippen LogP) is 3.13. The lowest BCUT2D eigenvalue weighted by molar-refractivity contribution is -0.0555. The van der Waals surface area contributed by atoms with E-state index in [1.807, 2.05) is 0 Å². The highest BCUT2D eigenvalue weighted by atomic mass is 16.5. The number of hydrogen-bond acceptors (Lipinski definition) is 5. The fourth-order valence-electron chi connectivity index (χ4n) is 3.59. The Balaban J connectivity index is 1.52. The summed E-state index contributed by atoms with van der Waals surface area (Å²) in [4.78, 5) is 6.21. The third kappa shape index (κ3) is 2.32. The summed E-state index contributed by atoms with van der Waals surface area (Å²) >= 11 is 0. The minimum absolute atomic E-state index is 0.0392. The van der Waals surface area contributed by atoms with Crippen molar-refractivity contribution in [3.05, 3.63) is 53.8 Å². The molecule has 5 heteroatoms. The first-order chi connectivity index (χ1) is 11.2. The van der Waals surface area contributed by atoms with E-state index in [1.165, 1.54) is 11.1 Å². The van der Waals surface area contributed by atoms with E-state index >= 15 is 0 Å². The number of fused-ring (bicyclic) bond motifs is 2. The van der Waals surface area contributed by atoms with Crippen LogP contribution >= 0.6 is 0 Å². The van der Waals surface area contributed by atoms with Gasteiger partial charge < -0.3 is 19.2 Å². The minimum Gasteiger partial charge on any atom is -0.491 e. The molecule has 1 fully saturated rings. The first-order valence-corrected chi connectivity index (χ1v) is 7.99. The lowest BCUT2D eigenvalue weighted by atomic mass is 9.84. The van der Waals surface area contributed by atoms with Gasteiger partial charge >= 0.3 is 6.01 Å². The van der Waals surface area contributed by atoms with Gasteiger partial charge in [0, 0.05) is 19.5 Å². The maximum Gasteiger partial charge on any atom is 0.300 e. The molecule has 2 aliphatic rings. The Morgan fingerprint density at radius 2 is 2.09 bits per heavy atom. The molecule has 1 aromatic carbocycles. The van der Waals surface area contributed by atoms with Crippen molar-refractivity contribution < 1.29 is 14.3 Å². The maximum atomic E-state index is 9.82. The average molecular weight is 312 g/mol. The number of benzene rings is 1. The summed E-state index contributed by atoms with van der Waals surface area (Å²) in [6, 6.07) is 8.95. The number of allylic oxidation sites excluding steroid dienone is 1. The second-order valence-corrected chi connectivity index (χ2v) is 6.16. The molecule has 0 unspecified atom stereocenters. The predicted molar refractivity (Wildman–Crippen MR) is 86.4 cm³/mol. The van der Waals surface area contributed by atoms with Gasteiger partial charge in [0.15, 0.2) is 5.76 Å². The lowest BCUT2D eigenvalue weighted by Crippen LogP contribution is -2.42. The van der Waals surface area contributed by atoms with Gasteiger partial charge in [0.1, 0.15) is 0 Å². The highest BCUT2D eigenvalue weighted by Crippen LogP contribution is 2.44. The SMILES string of the molecule is C=CCc1oc(N2CCC3(CC2)OCc2ccccc23)nc1O. The second kappa shape index (κ2) is 5.42. The van der Waals surface area contributed by atoms with E-state index in [-0.39, 0.29) is 11.5 Å². The van der Waals surface area contributed by atoms with Gasteiger partial charge in [-0.2, -0.15) is 4.98 Å². The van der Waals surface area contributed by atoms with E-state index in [1.54, 1.807) is 6.08 Å². The maximum absolute atomic E-state index is 9.82. The van der Waals surface area contributed by atoms with Crippen LogP contribution in [-0.4, -0.2) is 23.2 Å². The van der Waals surface area contributed by atoms with Gasteiger partial charge in [0.2, 0.25) is 0 Å². The smallest absolute Gasteiger partial charge is 0.300 e. The van der Waals surface area contributed by atoms with Crippen molar-refractivity contribution in [2.75, 3.05) is 18.0 Å². The molecule has 2 aliphatic heterocycles. The summed E-state index contributed by atoms with van der Waals surface area (Å²) in [6.07, 6.45) is 3.96. The van der Waals surface area contributed by atoms with Crippen LogP contribution in [0.3, 0.4) is 0 Å². The molecular formula is C18H20N2O3. The van der Waals surface area contributed by atoms with E-state index in [9.17, 15) is 5.11 Å². The zero-order valence-electron chi connectivity index (χ0n) is 13.0. The highest BCUT2D eigenvalue weighted by Gasteiger charge is 2.43. The summed E-state index contributed by atoms with van der Waals surface area (Å²) < 4.78 is 11.8. The first kappa shape index (κ1) is 14.3. The van der Waals surface area contributed by atoms with Crippen LogP contribution < -0.4 is 4.90 Å². The number of rotatable bonds is 3. The third-order valence-electron chi connectivity index (χ3n) is 4.85. The molecule has 0 amide bonds. The molecule has 2 aromatic rings. The largest absolute Gasteiger partial charge is 0.491 e. The van der Waals surface area contributed by atoms with Crippen LogP contribution in [0.2, 0.25) is 0 Å². The first-order valence-electron chi connectivity index (χ1n) is 7.99. The molecule has 0 radical (unpaired) electrons. The van der Waals surface area contributed by atoms with Crippen molar-refractivity contribution in [1.29, 1.82) is 0 Å². The van der Waals surface area contributed by atoms with Gasteiger partial charge in [-0.1, -0.05) is 30.3 Å². The highest BCUT2D eigenvalue weighted by molar-refractivity contribution is 5.39. The van der Waals surface area contributed by atoms with Crippen molar-refractivity contribution >= 4 is 6.01 Å². The topological polar surface area (TPSA) is 58.7 Å². The van der Waals surface area contributed by atoms with Crippen LogP contribution in [0.15, 0.2) is 41.3 Å². The van der Waals surface area contributed by atoms with E-state index in [4.69, 9.17) is 9.15 Å². The van der Waals surface area contributed by atoms with E-state index < -0.39 is 0 Å². The van der Waals surface area contributed by atoms with Crippen molar-refractivity contribution in [3.63, 3.8) is 0 Å². The molecule has 1 spiro atoms. The summed E-state index contributed by atoms with van der Waals surface area (Å²) in [5, 5.41) is 9.82. The van der Waals surface area contributed by atoms with Gasteiger partial charge in [-0.25, -0.2) is 0 Å². The normalized spacial score (nSPS) is 19.0. The number of aromatic nitrogens is 1. The van der Waals surface area contributed by atoms with Gasteiger partial charge in [-0.05, 0) is 24.0 Å². The number of oxazole rings is 1. The number of piperidine rings is 1. The number of hydrogen-bond donors (Lipinski definition) is 1. The van der Waals surface area contributed by atoms with Crippen molar-refractivity contribution in [3.8, 4) is 5.88 Å². The van der Waals surface area contributed by atoms with Crippen LogP contribution in [0.4, 0.5) is 6.01 Å². The summed E-state index contributed by atoms with van der Waals surface area (Å²) in [7, 11) is 0. The van der Waals surface area contributed by atoms with E-state index in [2.05, 4.69) is 40.7 Å². The Morgan fingerprint density at radius 3 is 2.87 bits per heavy atom. The number of nitrogens with zero attached hydrogens (tertiary/aromatic N) is 2. The zero-order chi connectivity index (χ0) is 15.9. The molecule has 5 nitrogen and oxygen atoms in total. The molecule has 23 heavy (non-hydrogen) atoms. The monoisotopic (exact) mass is 312 g/mol. The average Bonchev–Trinajstić information content (AvgIpc) is 3.12. The molecule has 0 atom stereocenters. The summed E-state index contributed by atoms with van der Waals surface area (Å²) in [6.45, 7) is 5.94. The van der Waals surface area contributed by atoms with Crippen LogP contribution in [0.1, 0.15) is 29.7 Å². The van der Waals surface area contributed by atoms with Crippen LogP contribution in [-0.2, 0) is 23.4 Å². The van der Waals surface area contributed by atoms with Gasteiger partial charge in [-0.3, -0.25) is 0 Å². The lowest BCUT2D eigenvalue weighted by Gasteiger charge is -2.38. The Labute approximate surface area is 135 Å². The summed E-state index contributed by atoms with van der Waals surface area (Å²) in [5.41, 5.74) is 2.44. The van der Waals surface area contributed by atoms with Gasteiger partial charge in [0.05, 0.1) is 12.2 Å². The molecule has 120 valence electrons. The Kier molecular flexibility index (Phi) is 3.38. The quantitative estimate of drug-likeness (QED) is 0.882. The molecule has 0 saturated carbocycles. The molecule has 1 aromatic heterocycles. The van der Waals surface area contributed by atoms with Crippen LogP contribution in [0, 0.1) is 0 Å². The van der Waals surface area contributed by atoms with Crippen molar-refractivity contribution in [2.24, 2.45) is 0 Å². The van der Waals surface area contributed by atoms with Crippen LogP contribution in [0.5, 0.6) is 5.88 Å². The van der Waals surface area contributed by atoms with Gasteiger partial charge in [0.25, 0.3) is 5.88 Å². The fourth-order valence-corrected chi connectivity index (χ4v) is 3.59. The molecular weight excluding hydrogens is 292 g/mol. The molecule has 1 saturated heterocycles. The molecule has 4 rings (SSSR count). The van der Waals surface area contributed by atoms with Crippen molar-refractivity contribution in [2.45, 2.75) is 31.5 Å². The Hall–Kier alpha value is -2.27. The minimum atomic E-state index is -0.175. The molecule has 1 N–H and O–H groups in total. The Morgan fingerprint density at radius 1 is 1.30 bits per heavy atom. The number of ether oxygens (including phenoxy) is 1. The Bertz CT molecular complexity index is 730. The number of anilines is 1. The third-order valence-corrected chi connectivity index (χ3v) is 4.85. The second-order valence-electron chi connectivity index (χ2n) is 6.16. The van der Waals surface area contributed by atoms with E-state index in [0.717, 1.165) is 25.9 Å². The molecule has 3 heterocycles.